The van der Waals surface area contributed by atoms with Crippen molar-refractivity contribution in [1.29, 1.82) is 0 Å². The SMILES string of the molecule is CCCCC1=Cc2c(-c3cc(-c4ccccc4)cc(-c4ccccc4)c3)c(C)c(C)c(C)c2[CH]1[Zr+2]1([CH]2C(CCCC)=Cc3c(-c4cc(-c5ccccc5)cc(-c5ccccc5)c4)c(C)c(C)c(C)c32)[CH2][CH2]1.[Cl-].[Cl-]. The van der Waals surface area contributed by atoms with Crippen molar-refractivity contribution in [3.05, 3.63) is 225 Å². The number of fused-ring (bicyclic) bond motifs is 2. The molecule has 1 aliphatic heterocycles. The Morgan fingerprint density at radius 1 is 0.356 bits per heavy atom. The number of benzene rings is 8. The molecule has 0 N–H and O–H groups in total. The first-order chi connectivity index (χ1) is 34.6. The van der Waals surface area contributed by atoms with Gasteiger partial charge in [0.05, 0.1) is 0 Å². The molecular formula is C70H70Cl2Zr. The van der Waals surface area contributed by atoms with Crippen molar-refractivity contribution in [3.8, 4) is 66.8 Å². The van der Waals surface area contributed by atoms with E-state index >= 15 is 0 Å². The molecule has 0 spiro atoms. The van der Waals surface area contributed by atoms with Gasteiger partial charge in [-0.2, -0.15) is 0 Å². The maximum Gasteiger partial charge on any atom is -1.00 e. The molecule has 0 aromatic heterocycles. The third kappa shape index (κ3) is 9.47. The van der Waals surface area contributed by atoms with Crippen molar-refractivity contribution in [2.24, 2.45) is 0 Å². The number of hydrogen-bond donors (Lipinski definition) is 0. The van der Waals surface area contributed by atoms with Gasteiger partial charge in [0, 0.05) is 0 Å². The van der Waals surface area contributed by atoms with Gasteiger partial charge < -0.3 is 24.8 Å². The molecule has 73 heavy (non-hydrogen) atoms. The van der Waals surface area contributed by atoms with E-state index in [1.54, 1.807) is 33.4 Å². The summed E-state index contributed by atoms with van der Waals surface area (Å²) < 4.78 is 4.07. The van der Waals surface area contributed by atoms with Gasteiger partial charge in [-0.05, 0) is 0 Å². The molecule has 0 bridgehead atoms. The average molecular weight is 1070 g/mol. The Morgan fingerprint density at radius 2 is 0.644 bits per heavy atom. The molecule has 8 aromatic carbocycles. The summed E-state index contributed by atoms with van der Waals surface area (Å²) in [7, 11) is 0. The molecule has 2 atom stereocenters. The first-order valence-electron chi connectivity index (χ1n) is 26.8. The van der Waals surface area contributed by atoms with Crippen LogP contribution in [-0.2, 0) is 20.3 Å². The third-order valence-electron chi connectivity index (χ3n) is 17.4. The summed E-state index contributed by atoms with van der Waals surface area (Å²) in [6, 6.07) is 59.0. The fourth-order valence-electron chi connectivity index (χ4n) is 13.2. The molecule has 8 aromatic rings. The summed E-state index contributed by atoms with van der Waals surface area (Å²) >= 11 is -3.22. The van der Waals surface area contributed by atoms with Crippen LogP contribution in [0.1, 0.15) is 115 Å². The summed E-state index contributed by atoms with van der Waals surface area (Å²) in [5.41, 5.74) is 34.8. The van der Waals surface area contributed by atoms with Gasteiger partial charge in [0.2, 0.25) is 0 Å². The Hall–Kier alpha value is -5.30. The van der Waals surface area contributed by atoms with Crippen molar-refractivity contribution >= 4 is 12.2 Å². The molecule has 11 rings (SSSR count). The Balaban J connectivity index is 0.00000328. The van der Waals surface area contributed by atoms with Gasteiger partial charge in [0.15, 0.2) is 0 Å². The van der Waals surface area contributed by atoms with E-state index in [4.69, 9.17) is 0 Å². The fourth-order valence-corrected chi connectivity index (χ4v) is 31.2. The number of hydrogen-bond acceptors (Lipinski definition) is 0. The quantitative estimate of drug-likeness (QED) is 0.102. The van der Waals surface area contributed by atoms with Crippen LogP contribution in [0.5, 0.6) is 0 Å². The Morgan fingerprint density at radius 3 is 0.918 bits per heavy atom. The number of allylic oxidation sites excluding steroid dienone is 2. The molecule has 3 aliphatic rings. The third-order valence-corrected chi connectivity index (χ3v) is 30.4. The molecule has 1 heterocycles. The second-order valence-corrected chi connectivity index (χ2v) is 32.8. The Kier molecular flexibility index (Phi) is 15.8. The molecular weight excluding hydrogens is 1000 g/mol. The molecule has 0 amide bonds. The first-order valence-corrected chi connectivity index (χ1v) is 33.1. The van der Waals surface area contributed by atoms with E-state index in [0.29, 0.717) is 7.25 Å². The van der Waals surface area contributed by atoms with Crippen LogP contribution in [0.4, 0.5) is 0 Å². The molecule has 0 radical (unpaired) electrons. The predicted molar refractivity (Wildman–Crippen MR) is 304 cm³/mol. The second-order valence-electron chi connectivity index (χ2n) is 21.5. The van der Waals surface area contributed by atoms with Crippen molar-refractivity contribution in [2.45, 2.75) is 109 Å². The van der Waals surface area contributed by atoms with Crippen LogP contribution in [0.25, 0.3) is 78.9 Å². The summed E-state index contributed by atoms with van der Waals surface area (Å²) in [5, 5.41) is 0. The first kappa shape index (κ1) is 52.6. The van der Waals surface area contributed by atoms with Gasteiger partial charge in [0.25, 0.3) is 0 Å². The zero-order valence-electron chi connectivity index (χ0n) is 44.2. The van der Waals surface area contributed by atoms with Gasteiger partial charge in [0.1, 0.15) is 0 Å². The molecule has 1 fully saturated rings. The van der Waals surface area contributed by atoms with E-state index in [1.807, 2.05) is 0 Å². The van der Waals surface area contributed by atoms with Crippen molar-refractivity contribution in [2.75, 3.05) is 0 Å². The zero-order valence-corrected chi connectivity index (χ0v) is 48.2. The van der Waals surface area contributed by atoms with Gasteiger partial charge in [-0.3, -0.25) is 0 Å². The minimum Gasteiger partial charge on any atom is -1.00 e. The number of rotatable bonds is 14. The molecule has 2 unspecified atom stereocenters. The van der Waals surface area contributed by atoms with Crippen LogP contribution in [0.3, 0.4) is 0 Å². The largest absolute Gasteiger partial charge is 1.00 e. The van der Waals surface area contributed by atoms with E-state index in [-0.39, 0.29) is 24.8 Å². The molecule has 0 saturated carbocycles. The minimum absolute atomic E-state index is 0. The van der Waals surface area contributed by atoms with E-state index in [9.17, 15) is 0 Å². The summed E-state index contributed by atoms with van der Waals surface area (Å²) in [6.45, 7) is 19.5. The van der Waals surface area contributed by atoms with Crippen LogP contribution in [0, 0.1) is 41.5 Å². The standard InChI is InChI=1S/2C34H33.C2H4.2ClH.Zr/c2*1-5-6-13-26-18-32-24(3)23(2)25(4)34(33(32)19-26)31-21-29(27-14-9-7-10-15-27)20-30(22-31)28-16-11-8-12-17-28;1-2;;;/h2*7-12,14-22H,5-6,13H2,1-4H3;1-2H2;2*1H;/q;;;;;+2/p-2. The number of halogens is 2. The predicted octanol–water partition coefficient (Wildman–Crippen LogP) is 14.5. The Bertz CT molecular complexity index is 3040. The molecule has 3 heteroatoms. The van der Waals surface area contributed by atoms with Crippen LogP contribution in [0.2, 0.25) is 8.26 Å². The van der Waals surface area contributed by atoms with Crippen molar-refractivity contribution in [3.63, 3.8) is 0 Å². The minimum atomic E-state index is -3.22. The smallest absolute Gasteiger partial charge is 1.00 e. The summed E-state index contributed by atoms with van der Waals surface area (Å²) in [6.07, 6.45) is 12.9. The van der Waals surface area contributed by atoms with E-state index < -0.39 is 20.3 Å². The van der Waals surface area contributed by atoms with Crippen LogP contribution in [-0.4, -0.2) is 0 Å². The van der Waals surface area contributed by atoms with Crippen LogP contribution in [0.15, 0.2) is 169 Å². The van der Waals surface area contributed by atoms with E-state index in [0.717, 1.165) is 0 Å². The van der Waals surface area contributed by atoms with Gasteiger partial charge >= 0.3 is 433 Å². The molecule has 0 nitrogen and oxygen atoms in total. The van der Waals surface area contributed by atoms with Gasteiger partial charge in [-0.25, -0.2) is 0 Å². The fraction of sp³-hybridized carbons (Fsp3) is 0.257. The molecule has 1 saturated heterocycles. The van der Waals surface area contributed by atoms with Crippen molar-refractivity contribution < 1.29 is 45.1 Å². The second kappa shape index (κ2) is 21.9. The van der Waals surface area contributed by atoms with Gasteiger partial charge in [-0.15, -0.1) is 0 Å². The van der Waals surface area contributed by atoms with Crippen LogP contribution < -0.4 is 24.8 Å². The maximum absolute atomic E-state index is 3.22. The summed E-state index contributed by atoms with van der Waals surface area (Å²) in [4.78, 5) is 0. The van der Waals surface area contributed by atoms with Crippen molar-refractivity contribution in [1.82, 2.24) is 0 Å². The molecule has 2 aliphatic carbocycles. The zero-order chi connectivity index (χ0) is 49.0. The van der Waals surface area contributed by atoms with E-state index in [1.165, 1.54) is 147 Å². The topological polar surface area (TPSA) is 0 Å². The average Bonchev–Trinajstić information content (AvgIpc) is 3.98. The van der Waals surface area contributed by atoms with Gasteiger partial charge in [-0.1, -0.05) is 0 Å². The van der Waals surface area contributed by atoms with E-state index in [2.05, 4.69) is 225 Å². The summed E-state index contributed by atoms with van der Waals surface area (Å²) in [5.74, 6) is 0. The molecule has 368 valence electrons. The van der Waals surface area contributed by atoms with Crippen LogP contribution >= 0.6 is 0 Å². The normalized spacial score (nSPS) is 15.5. The number of unbranched alkanes of at least 4 members (excludes halogenated alkanes) is 2. The monoisotopic (exact) mass is 1070 g/mol. The maximum atomic E-state index is 2.78. The Labute approximate surface area is 454 Å².